The van der Waals surface area contributed by atoms with E-state index < -0.39 is 5.91 Å². The number of halogens is 1. The fourth-order valence-corrected chi connectivity index (χ4v) is 1.90. The van der Waals surface area contributed by atoms with Gasteiger partial charge in [0, 0.05) is 16.3 Å². The molecular formula is C15H13ClN2O2. The van der Waals surface area contributed by atoms with E-state index in [2.05, 4.69) is 5.32 Å². The van der Waals surface area contributed by atoms with Crippen molar-refractivity contribution in [1.29, 1.82) is 0 Å². The van der Waals surface area contributed by atoms with E-state index in [0.717, 1.165) is 0 Å². The SMILES string of the molecule is Nc1cc(Cl)ccc1C(=O)NCC(=O)c1ccccc1. The number of ketones is 1. The van der Waals surface area contributed by atoms with Gasteiger partial charge in [0.1, 0.15) is 0 Å². The number of carbonyl (C=O) groups is 2. The summed E-state index contributed by atoms with van der Waals surface area (Å²) in [5.74, 6) is -0.560. The number of hydrogen-bond donors (Lipinski definition) is 2. The Labute approximate surface area is 121 Å². The molecule has 0 saturated carbocycles. The molecule has 0 aliphatic heterocycles. The molecule has 102 valence electrons. The van der Waals surface area contributed by atoms with E-state index in [0.29, 0.717) is 16.1 Å². The van der Waals surface area contributed by atoms with E-state index in [1.807, 2.05) is 6.07 Å². The number of Topliss-reactive ketones (excluding diaryl/α,β-unsaturated/α-hetero) is 1. The summed E-state index contributed by atoms with van der Waals surface area (Å²) in [4.78, 5) is 23.8. The fourth-order valence-electron chi connectivity index (χ4n) is 1.72. The van der Waals surface area contributed by atoms with Crippen LogP contribution in [0.1, 0.15) is 20.7 Å². The summed E-state index contributed by atoms with van der Waals surface area (Å²) in [5.41, 5.74) is 6.84. The number of nitrogens with two attached hydrogens (primary N) is 1. The first-order chi connectivity index (χ1) is 9.58. The van der Waals surface area contributed by atoms with Crippen molar-refractivity contribution < 1.29 is 9.59 Å². The molecule has 2 rings (SSSR count). The van der Waals surface area contributed by atoms with E-state index in [1.54, 1.807) is 30.3 Å². The average Bonchev–Trinajstić information content (AvgIpc) is 2.45. The molecule has 5 heteroatoms. The maximum absolute atomic E-state index is 11.9. The Balaban J connectivity index is 2.00. The van der Waals surface area contributed by atoms with Gasteiger partial charge in [-0.1, -0.05) is 41.9 Å². The van der Waals surface area contributed by atoms with Crippen LogP contribution in [0.15, 0.2) is 48.5 Å². The zero-order valence-electron chi connectivity index (χ0n) is 10.6. The van der Waals surface area contributed by atoms with Crippen molar-refractivity contribution in [1.82, 2.24) is 5.32 Å². The van der Waals surface area contributed by atoms with E-state index in [-0.39, 0.29) is 18.0 Å². The predicted molar refractivity (Wildman–Crippen MR) is 79.0 cm³/mol. The highest BCUT2D eigenvalue weighted by molar-refractivity contribution is 6.31. The van der Waals surface area contributed by atoms with Gasteiger partial charge in [0.2, 0.25) is 0 Å². The molecule has 0 bridgehead atoms. The van der Waals surface area contributed by atoms with Crippen LogP contribution in [0.2, 0.25) is 5.02 Å². The Kier molecular flexibility index (Phi) is 4.38. The number of hydrogen-bond acceptors (Lipinski definition) is 3. The Morgan fingerprint density at radius 3 is 2.45 bits per heavy atom. The molecule has 0 aliphatic carbocycles. The number of amides is 1. The number of benzene rings is 2. The first-order valence-electron chi connectivity index (χ1n) is 5.99. The molecule has 0 heterocycles. The average molecular weight is 289 g/mol. The molecular weight excluding hydrogens is 276 g/mol. The van der Waals surface area contributed by atoms with Crippen molar-refractivity contribution in [2.24, 2.45) is 0 Å². The van der Waals surface area contributed by atoms with Gasteiger partial charge in [0.15, 0.2) is 5.78 Å². The lowest BCUT2D eigenvalue weighted by Gasteiger charge is -2.07. The predicted octanol–water partition coefficient (Wildman–Crippen LogP) is 2.53. The van der Waals surface area contributed by atoms with Gasteiger partial charge in [0.05, 0.1) is 12.1 Å². The lowest BCUT2D eigenvalue weighted by atomic mass is 10.1. The second kappa shape index (κ2) is 6.21. The van der Waals surface area contributed by atoms with Crippen LogP contribution in [0.5, 0.6) is 0 Å². The number of anilines is 1. The standard InChI is InChI=1S/C15H13ClN2O2/c16-11-6-7-12(13(17)8-11)15(20)18-9-14(19)10-4-2-1-3-5-10/h1-8H,9,17H2,(H,18,20). The molecule has 2 aromatic carbocycles. The maximum atomic E-state index is 11.9. The summed E-state index contributed by atoms with van der Waals surface area (Å²) in [6.45, 7) is -0.0785. The molecule has 20 heavy (non-hydrogen) atoms. The highest BCUT2D eigenvalue weighted by Crippen LogP contribution is 2.17. The van der Waals surface area contributed by atoms with Crippen molar-refractivity contribution in [3.05, 3.63) is 64.7 Å². The minimum atomic E-state index is -0.400. The fraction of sp³-hybridized carbons (Fsp3) is 0.0667. The van der Waals surface area contributed by atoms with Gasteiger partial charge in [0.25, 0.3) is 5.91 Å². The van der Waals surface area contributed by atoms with Crippen LogP contribution in [0, 0.1) is 0 Å². The molecule has 0 aromatic heterocycles. The topological polar surface area (TPSA) is 72.2 Å². The Morgan fingerprint density at radius 2 is 1.80 bits per heavy atom. The van der Waals surface area contributed by atoms with Crippen LogP contribution in [0.4, 0.5) is 5.69 Å². The van der Waals surface area contributed by atoms with Crippen LogP contribution in [0.3, 0.4) is 0 Å². The lowest BCUT2D eigenvalue weighted by Crippen LogP contribution is -2.30. The highest BCUT2D eigenvalue weighted by atomic mass is 35.5. The van der Waals surface area contributed by atoms with Crippen molar-refractivity contribution in [2.45, 2.75) is 0 Å². The molecule has 0 aliphatic rings. The monoisotopic (exact) mass is 288 g/mol. The van der Waals surface area contributed by atoms with E-state index >= 15 is 0 Å². The third kappa shape index (κ3) is 3.36. The van der Waals surface area contributed by atoms with Crippen molar-refractivity contribution >= 4 is 29.0 Å². The zero-order valence-corrected chi connectivity index (χ0v) is 11.4. The molecule has 0 spiro atoms. The van der Waals surface area contributed by atoms with E-state index in [1.165, 1.54) is 12.1 Å². The molecule has 2 aromatic rings. The lowest BCUT2D eigenvalue weighted by molar-refractivity contribution is 0.0904. The molecule has 1 amide bonds. The van der Waals surface area contributed by atoms with Crippen molar-refractivity contribution in [3.8, 4) is 0 Å². The highest BCUT2D eigenvalue weighted by Gasteiger charge is 2.12. The minimum Gasteiger partial charge on any atom is -0.398 e. The van der Waals surface area contributed by atoms with Gasteiger partial charge in [-0.2, -0.15) is 0 Å². The van der Waals surface area contributed by atoms with E-state index in [9.17, 15) is 9.59 Å². The van der Waals surface area contributed by atoms with E-state index in [4.69, 9.17) is 17.3 Å². The smallest absolute Gasteiger partial charge is 0.253 e. The van der Waals surface area contributed by atoms with Crippen LogP contribution in [-0.4, -0.2) is 18.2 Å². The number of rotatable bonds is 4. The summed E-state index contributed by atoms with van der Waals surface area (Å²) >= 11 is 5.76. The summed E-state index contributed by atoms with van der Waals surface area (Å²) in [7, 11) is 0. The molecule has 0 saturated heterocycles. The van der Waals surface area contributed by atoms with Crippen LogP contribution >= 0.6 is 11.6 Å². The Hall–Kier alpha value is -2.33. The molecule has 4 nitrogen and oxygen atoms in total. The van der Waals surface area contributed by atoms with Crippen LogP contribution in [0.25, 0.3) is 0 Å². The molecule has 3 N–H and O–H groups in total. The first-order valence-corrected chi connectivity index (χ1v) is 6.37. The number of carbonyl (C=O) groups excluding carboxylic acids is 2. The van der Waals surface area contributed by atoms with Gasteiger partial charge in [-0.05, 0) is 18.2 Å². The summed E-state index contributed by atoms with van der Waals surface area (Å²) in [6.07, 6.45) is 0. The second-order valence-corrected chi connectivity index (χ2v) is 4.64. The van der Waals surface area contributed by atoms with Gasteiger partial charge < -0.3 is 11.1 Å². The summed E-state index contributed by atoms with van der Waals surface area (Å²) in [6, 6.07) is 13.4. The van der Waals surface area contributed by atoms with Crippen LogP contribution < -0.4 is 11.1 Å². The normalized spacial score (nSPS) is 10.1. The number of nitrogen functional groups attached to an aromatic ring is 1. The third-order valence-corrected chi connectivity index (χ3v) is 3.00. The minimum absolute atomic E-state index is 0.0785. The maximum Gasteiger partial charge on any atom is 0.253 e. The van der Waals surface area contributed by atoms with Crippen molar-refractivity contribution in [2.75, 3.05) is 12.3 Å². The molecule has 0 atom stereocenters. The largest absolute Gasteiger partial charge is 0.398 e. The number of nitrogens with one attached hydrogen (secondary N) is 1. The first kappa shape index (κ1) is 14.1. The Bertz CT molecular complexity index is 642. The quantitative estimate of drug-likeness (QED) is 0.671. The molecule has 0 radical (unpaired) electrons. The molecule has 0 fully saturated rings. The van der Waals surface area contributed by atoms with Crippen LogP contribution in [-0.2, 0) is 0 Å². The summed E-state index contributed by atoms with van der Waals surface area (Å²) in [5, 5.41) is 3.00. The summed E-state index contributed by atoms with van der Waals surface area (Å²) < 4.78 is 0. The zero-order chi connectivity index (χ0) is 14.5. The molecule has 0 unspecified atom stereocenters. The Morgan fingerprint density at radius 1 is 1.10 bits per heavy atom. The van der Waals surface area contributed by atoms with Gasteiger partial charge in [-0.3, -0.25) is 9.59 Å². The van der Waals surface area contributed by atoms with Gasteiger partial charge in [-0.15, -0.1) is 0 Å². The van der Waals surface area contributed by atoms with Gasteiger partial charge >= 0.3 is 0 Å². The second-order valence-electron chi connectivity index (χ2n) is 4.20. The third-order valence-electron chi connectivity index (χ3n) is 2.76. The van der Waals surface area contributed by atoms with Crippen molar-refractivity contribution in [3.63, 3.8) is 0 Å². The van der Waals surface area contributed by atoms with Gasteiger partial charge in [-0.25, -0.2) is 0 Å².